The number of rotatable bonds is 5. The molecule has 3 aromatic rings. The maximum Gasteiger partial charge on any atom is 0.263 e. The Bertz CT molecular complexity index is 1050. The van der Waals surface area contributed by atoms with Gasteiger partial charge in [0.05, 0.1) is 11.7 Å². The fraction of sp³-hybridized carbons (Fsp3) is 0.381. The molecular formula is C21H25N3O2S. The number of aromatic nitrogens is 2. The molecule has 0 aliphatic heterocycles. The van der Waals surface area contributed by atoms with Crippen molar-refractivity contribution in [2.45, 2.75) is 47.2 Å². The van der Waals surface area contributed by atoms with Crippen molar-refractivity contribution in [3.05, 3.63) is 51.4 Å². The van der Waals surface area contributed by atoms with Crippen molar-refractivity contribution < 1.29 is 4.79 Å². The molecule has 0 fully saturated rings. The lowest BCUT2D eigenvalue weighted by atomic mass is 10.0. The molecule has 2 aromatic heterocycles. The number of nitrogens with one attached hydrogen (secondary N) is 1. The zero-order valence-electron chi connectivity index (χ0n) is 16.4. The molecule has 1 atom stereocenters. The number of amides is 1. The summed E-state index contributed by atoms with van der Waals surface area (Å²) in [6, 6.07) is 6.23. The van der Waals surface area contributed by atoms with Gasteiger partial charge in [-0.25, -0.2) is 4.98 Å². The first kappa shape index (κ1) is 19.3. The Morgan fingerprint density at radius 3 is 2.63 bits per heavy atom. The number of carbonyl (C=O) groups excluding carboxylic acids is 1. The summed E-state index contributed by atoms with van der Waals surface area (Å²) >= 11 is 1.45. The Morgan fingerprint density at radius 2 is 1.96 bits per heavy atom. The van der Waals surface area contributed by atoms with Crippen LogP contribution in [-0.4, -0.2) is 21.5 Å². The lowest BCUT2D eigenvalue weighted by Gasteiger charge is -2.17. The second kappa shape index (κ2) is 7.64. The first-order valence-electron chi connectivity index (χ1n) is 9.11. The number of thiophene rings is 1. The first-order chi connectivity index (χ1) is 12.8. The highest BCUT2D eigenvalue weighted by molar-refractivity contribution is 7.17. The van der Waals surface area contributed by atoms with Crippen LogP contribution < -0.4 is 10.9 Å². The number of aryl methyl sites for hydroxylation is 2. The molecule has 0 saturated carbocycles. The van der Waals surface area contributed by atoms with Gasteiger partial charge in [-0.05, 0) is 43.4 Å². The van der Waals surface area contributed by atoms with Gasteiger partial charge in [0.15, 0.2) is 0 Å². The number of hydrogen-bond acceptors (Lipinski definition) is 4. The third-order valence-corrected chi connectivity index (χ3v) is 5.97. The topological polar surface area (TPSA) is 64.0 Å². The van der Waals surface area contributed by atoms with Crippen LogP contribution in [-0.2, 0) is 11.3 Å². The SMILES string of the molecule is Cc1ccc(-c2csc3ncn(CC(=O)N[C@@H](C)C(C)C)c(=O)c23)cc1C. The molecule has 0 bridgehead atoms. The number of hydrogen-bond donors (Lipinski definition) is 1. The van der Waals surface area contributed by atoms with Gasteiger partial charge in [0.1, 0.15) is 11.4 Å². The molecule has 1 N–H and O–H groups in total. The molecule has 27 heavy (non-hydrogen) atoms. The molecule has 5 nitrogen and oxygen atoms in total. The highest BCUT2D eigenvalue weighted by atomic mass is 32.1. The summed E-state index contributed by atoms with van der Waals surface area (Å²) in [4.78, 5) is 30.4. The van der Waals surface area contributed by atoms with Crippen LogP contribution in [0.4, 0.5) is 0 Å². The lowest BCUT2D eigenvalue weighted by Crippen LogP contribution is -2.39. The second-order valence-electron chi connectivity index (χ2n) is 7.41. The van der Waals surface area contributed by atoms with Gasteiger partial charge in [0, 0.05) is 17.0 Å². The predicted octanol–water partition coefficient (Wildman–Crippen LogP) is 3.90. The molecule has 6 heteroatoms. The van der Waals surface area contributed by atoms with Crippen molar-refractivity contribution in [3.8, 4) is 11.1 Å². The third-order valence-electron chi connectivity index (χ3n) is 5.08. The van der Waals surface area contributed by atoms with Gasteiger partial charge in [-0.2, -0.15) is 0 Å². The van der Waals surface area contributed by atoms with E-state index in [1.807, 2.05) is 32.2 Å². The van der Waals surface area contributed by atoms with E-state index in [-0.39, 0.29) is 24.1 Å². The van der Waals surface area contributed by atoms with Crippen LogP contribution in [0.25, 0.3) is 21.3 Å². The molecule has 1 aromatic carbocycles. The highest BCUT2D eigenvalue weighted by Crippen LogP contribution is 2.31. The normalized spacial score (nSPS) is 12.5. The summed E-state index contributed by atoms with van der Waals surface area (Å²) in [5.41, 5.74) is 4.09. The molecular weight excluding hydrogens is 358 g/mol. The minimum absolute atomic E-state index is 0.0267. The Hall–Kier alpha value is -2.47. The average Bonchev–Trinajstić information content (AvgIpc) is 3.04. The van der Waals surface area contributed by atoms with E-state index >= 15 is 0 Å². The van der Waals surface area contributed by atoms with E-state index in [0.717, 1.165) is 11.1 Å². The molecule has 3 rings (SSSR count). The zero-order chi connectivity index (χ0) is 19.7. The van der Waals surface area contributed by atoms with Crippen LogP contribution >= 0.6 is 11.3 Å². The van der Waals surface area contributed by atoms with Gasteiger partial charge in [0.25, 0.3) is 5.56 Å². The van der Waals surface area contributed by atoms with Crippen LogP contribution in [0.3, 0.4) is 0 Å². The van der Waals surface area contributed by atoms with Gasteiger partial charge >= 0.3 is 0 Å². The van der Waals surface area contributed by atoms with E-state index in [1.165, 1.54) is 33.4 Å². The van der Waals surface area contributed by atoms with Gasteiger partial charge in [-0.15, -0.1) is 11.3 Å². The van der Waals surface area contributed by atoms with Crippen LogP contribution in [0.2, 0.25) is 0 Å². The van der Waals surface area contributed by atoms with Gasteiger partial charge in [0.2, 0.25) is 5.91 Å². The first-order valence-corrected chi connectivity index (χ1v) is 9.99. The Kier molecular flexibility index (Phi) is 5.46. The van der Waals surface area contributed by atoms with Gasteiger partial charge in [-0.1, -0.05) is 32.0 Å². The highest BCUT2D eigenvalue weighted by Gasteiger charge is 2.16. The summed E-state index contributed by atoms with van der Waals surface area (Å²) in [6.07, 6.45) is 1.46. The fourth-order valence-electron chi connectivity index (χ4n) is 2.82. The van der Waals surface area contributed by atoms with Crippen molar-refractivity contribution in [2.75, 3.05) is 0 Å². The number of fused-ring (bicyclic) bond motifs is 1. The predicted molar refractivity (Wildman–Crippen MR) is 111 cm³/mol. The molecule has 0 saturated heterocycles. The molecule has 0 spiro atoms. The largest absolute Gasteiger partial charge is 0.352 e. The van der Waals surface area contributed by atoms with Crippen molar-refractivity contribution in [3.63, 3.8) is 0 Å². The van der Waals surface area contributed by atoms with E-state index in [0.29, 0.717) is 16.1 Å². The third kappa shape index (κ3) is 3.95. The van der Waals surface area contributed by atoms with Crippen LogP contribution in [0.5, 0.6) is 0 Å². The molecule has 1 amide bonds. The summed E-state index contributed by atoms with van der Waals surface area (Å²) in [7, 11) is 0. The minimum atomic E-state index is -0.179. The molecule has 0 aliphatic rings. The standard InChI is InChI=1S/C21H25N3O2S/c1-12(2)15(5)23-18(25)9-24-11-22-20-19(21(24)26)17(10-27-20)16-7-6-13(3)14(4)8-16/h6-8,10-12,15H,9H2,1-5H3,(H,23,25)/t15-/m0/s1. The van der Waals surface area contributed by atoms with Crippen LogP contribution in [0.15, 0.2) is 34.7 Å². The average molecular weight is 384 g/mol. The van der Waals surface area contributed by atoms with Crippen LogP contribution in [0, 0.1) is 19.8 Å². The second-order valence-corrected chi connectivity index (χ2v) is 8.26. The van der Waals surface area contributed by atoms with Crippen LogP contribution in [0.1, 0.15) is 31.9 Å². The van der Waals surface area contributed by atoms with E-state index in [2.05, 4.69) is 36.3 Å². The molecule has 2 heterocycles. The number of nitrogens with zero attached hydrogens (tertiary/aromatic N) is 2. The molecule has 0 radical (unpaired) electrons. The number of benzene rings is 1. The minimum Gasteiger partial charge on any atom is -0.352 e. The van der Waals surface area contributed by atoms with Gasteiger partial charge in [-0.3, -0.25) is 14.2 Å². The maximum atomic E-state index is 13.0. The van der Waals surface area contributed by atoms with Crippen molar-refractivity contribution in [1.82, 2.24) is 14.9 Å². The summed E-state index contributed by atoms with van der Waals surface area (Å²) in [6.45, 7) is 10.2. The molecule has 0 unspecified atom stereocenters. The Labute approximate surface area is 163 Å². The Morgan fingerprint density at radius 1 is 1.22 bits per heavy atom. The van der Waals surface area contributed by atoms with Crippen molar-refractivity contribution in [2.24, 2.45) is 5.92 Å². The van der Waals surface area contributed by atoms with Gasteiger partial charge < -0.3 is 5.32 Å². The maximum absolute atomic E-state index is 13.0. The lowest BCUT2D eigenvalue weighted by molar-refractivity contribution is -0.122. The van der Waals surface area contributed by atoms with E-state index in [9.17, 15) is 9.59 Å². The molecule has 0 aliphatic carbocycles. The number of carbonyl (C=O) groups is 1. The van der Waals surface area contributed by atoms with Crippen molar-refractivity contribution >= 4 is 27.5 Å². The van der Waals surface area contributed by atoms with E-state index in [1.54, 1.807) is 0 Å². The quantitative estimate of drug-likeness (QED) is 0.727. The molecule has 142 valence electrons. The zero-order valence-corrected chi connectivity index (χ0v) is 17.2. The fourth-order valence-corrected chi connectivity index (χ4v) is 3.73. The summed E-state index contributed by atoms with van der Waals surface area (Å²) in [5.74, 6) is 0.155. The monoisotopic (exact) mass is 383 g/mol. The van der Waals surface area contributed by atoms with E-state index < -0.39 is 0 Å². The Balaban J connectivity index is 1.98. The summed E-state index contributed by atoms with van der Waals surface area (Å²) in [5, 5.41) is 5.48. The van der Waals surface area contributed by atoms with E-state index in [4.69, 9.17) is 0 Å². The van der Waals surface area contributed by atoms with Crippen molar-refractivity contribution in [1.29, 1.82) is 0 Å². The smallest absolute Gasteiger partial charge is 0.263 e. The summed E-state index contributed by atoms with van der Waals surface area (Å²) < 4.78 is 1.39.